The van der Waals surface area contributed by atoms with Crippen LogP contribution in [0.4, 0.5) is 11.4 Å². The number of fused-ring (bicyclic) bond motifs is 1. The van der Waals surface area contributed by atoms with E-state index >= 15 is 0 Å². The third-order valence-electron chi connectivity index (χ3n) is 3.74. The molecule has 1 aromatic carbocycles. The summed E-state index contributed by atoms with van der Waals surface area (Å²) in [4.78, 5) is 4.77. The lowest BCUT2D eigenvalue weighted by Gasteiger charge is -2.38. The third-order valence-corrected chi connectivity index (χ3v) is 3.74. The molecule has 2 N–H and O–H groups in total. The van der Waals surface area contributed by atoms with Crippen molar-refractivity contribution in [2.75, 3.05) is 36.5 Å². The molecule has 0 saturated heterocycles. The van der Waals surface area contributed by atoms with Crippen LogP contribution in [0.3, 0.4) is 0 Å². The van der Waals surface area contributed by atoms with Crippen LogP contribution in [0.15, 0.2) is 24.3 Å². The second kappa shape index (κ2) is 3.39. The number of benzene rings is 1. The van der Waals surface area contributed by atoms with Gasteiger partial charge in [0.1, 0.15) is 0 Å². The SMILES string of the molecule is CN1CCN(CC2(N)CC2)c2ccccc21. The molecule has 1 aromatic rings. The first-order chi connectivity index (χ1) is 7.68. The third kappa shape index (κ3) is 1.65. The minimum absolute atomic E-state index is 0.100. The first-order valence-corrected chi connectivity index (χ1v) is 6.02. The molecule has 0 amide bonds. The molecule has 3 nitrogen and oxygen atoms in total. The number of hydrogen-bond acceptors (Lipinski definition) is 3. The van der Waals surface area contributed by atoms with E-state index in [4.69, 9.17) is 5.73 Å². The Morgan fingerprint density at radius 2 is 1.88 bits per heavy atom. The average molecular weight is 217 g/mol. The maximum atomic E-state index is 6.21. The Morgan fingerprint density at radius 3 is 2.56 bits per heavy atom. The Kier molecular flexibility index (Phi) is 2.11. The van der Waals surface area contributed by atoms with Crippen molar-refractivity contribution in [1.82, 2.24) is 0 Å². The number of rotatable bonds is 2. The molecule has 0 atom stereocenters. The van der Waals surface area contributed by atoms with Crippen LogP contribution in [0.1, 0.15) is 12.8 Å². The molecule has 86 valence electrons. The summed E-state index contributed by atoms with van der Waals surface area (Å²) in [7, 11) is 2.16. The summed E-state index contributed by atoms with van der Waals surface area (Å²) in [5, 5.41) is 0. The summed E-state index contributed by atoms with van der Waals surface area (Å²) < 4.78 is 0. The molecule has 0 spiro atoms. The molecule has 16 heavy (non-hydrogen) atoms. The molecule has 3 heteroatoms. The number of anilines is 2. The molecule has 0 radical (unpaired) electrons. The van der Waals surface area contributed by atoms with Gasteiger partial charge in [-0.3, -0.25) is 0 Å². The van der Waals surface area contributed by atoms with Gasteiger partial charge in [-0.15, -0.1) is 0 Å². The van der Waals surface area contributed by atoms with Crippen LogP contribution in [0.5, 0.6) is 0 Å². The molecular formula is C13H19N3. The van der Waals surface area contributed by atoms with Crippen LogP contribution in [0.25, 0.3) is 0 Å². The van der Waals surface area contributed by atoms with Gasteiger partial charge < -0.3 is 15.5 Å². The normalized spacial score (nSPS) is 21.9. The van der Waals surface area contributed by atoms with Gasteiger partial charge in [-0.1, -0.05) is 12.1 Å². The highest BCUT2D eigenvalue weighted by molar-refractivity contribution is 5.73. The van der Waals surface area contributed by atoms with E-state index in [9.17, 15) is 0 Å². The van der Waals surface area contributed by atoms with Crippen molar-refractivity contribution in [2.45, 2.75) is 18.4 Å². The quantitative estimate of drug-likeness (QED) is 0.813. The van der Waals surface area contributed by atoms with Crippen LogP contribution in [-0.4, -0.2) is 32.2 Å². The standard InChI is InChI=1S/C13H19N3/c1-15-8-9-16(10-13(14)6-7-13)12-5-3-2-4-11(12)15/h2-5H,6-10,14H2,1H3. The highest BCUT2D eigenvalue weighted by atomic mass is 15.3. The zero-order valence-corrected chi connectivity index (χ0v) is 9.82. The van der Waals surface area contributed by atoms with E-state index in [1.54, 1.807) is 0 Å². The summed E-state index contributed by atoms with van der Waals surface area (Å²) in [6.07, 6.45) is 2.36. The number of hydrogen-bond donors (Lipinski definition) is 1. The Balaban J connectivity index is 1.89. The van der Waals surface area contributed by atoms with Crippen molar-refractivity contribution in [3.05, 3.63) is 24.3 Å². The number of nitrogens with zero attached hydrogens (tertiary/aromatic N) is 2. The Bertz CT molecular complexity index is 398. The van der Waals surface area contributed by atoms with Crippen molar-refractivity contribution >= 4 is 11.4 Å². The molecule has 2 aliphatic rings. The molecule has 1 saturated carbocycles. The van der Waals surface area contributed by atoms with Gasteiger partial charge in [0, 0.05) is 32.2 Å². The first kappa shape index (κ1) is 9.97. The fraction of sp³-hybridized carbons (Fsp3) is 0.538. The predicted molar refractivity (Wildman–Crippen MR) is 68.1 cm³/mol. The van der Waals surface area contributed by atoms with E-state index in [2.05, 4.69) is 41.1 Å². The van der Waals surface area contributed by atoms with Crippen molar-refractivity contribution in [1.29, 1.82) is 0 Å². The molecule has 0 bridgehead atoms. The second-order valence-corrected chi connectivity index (χ2v) is 5.19. The van der Waals surface area contributed by atoms with E-state index in [0.29, 0.717) is 0 Å². The minimum atomic E-state index is 0.100. The van der Waals surface area contributed by atoms with E-state index < -0.39 is 0 Å². The fourth-order valence-corrected chi connectivity index (χ4v) is 2.43. The van der Waals surface area contributed by atoms with Crippen molar-refractivity contribution in [2.24, 2.45) is 5.73 Å². The van der Waals surface area contributed by atoms with E-state index in [1.165, 1.54) is 24.2 Å². The van der Waals surface area contributed by atoms with Crippen LogP contribution in [0.2, 0.25) is 0 Å². The highest BCUT2D eigenvalue weighted by Gasteiger charge is 2.40. The molecule has 0 unspecified atom stereocenters. The molecule has 0 aromatic heterocycles. The maximum Gasteiger partial charge on any atom is 0.0605 e. The van der Waals surface area contributed by atoms with E-state index in [0.717, 1.165) is 19.6 Å². The van der Waals surface area contributed by atoms with Crippen LogP contribution >= 0.6 is 0 Å². The van der Waals surface area contributed by atoms with Crippen LogP contribution in [0, 0.1) is 0 Å². The molecule has 1 aliphatic heterocycles. The van der Waals surface area contributed by atoms with Gasteiger partial charge in [-0.25, -0.2) is 0 Å². The highest BCUT2D eigenvalue weighted by Crippen LogP contribution is 2.38. The minimum Gasteiger partial charge on any atom is -0.371 e. The fourth-order valence-electron chi connectivity index (χ4n) is 2.43. The van der Waals surface area contributed by atoms with Gasteiger partial charge in [0.15, 0.2) is 0 Å². The van der Waals surface area contributed by atoms with Crippen molar-refractivity contribution in [3.8, 4) is 0 Å². The molecule has 1 fully saturated rings. The lowest BCUT2D eigenvalue weighted by Crippen LogP contribution is -2.46. The Morgan fingerprint density at radius 1 is 1.19 bits per heavy atom. The smallest absolute Gasteiger partial charge is 0.0605 e. The Hall–Kier alpha value is -1.22. The average Bonchev–Trinajstić information content (AvgIpc) is 3.01. The summed E-state index contributed by atoms with van der Waals surface area (Å²) >= 11 is 0. The second-order valence-electron chi connectivity index (χ2n) is 5.19. The zero-order valence-electron chi connectivity index (χ0n) is 9.82. The summed E-state index contributed by atoms with van der Waals surface area (Å²) in [6.45, 7) is 3.19. The first-order valence-electron chi connectivity index (χ1n) is 6.02. The maximum absolute atomic E-state index is 6.21. The van der Waals surface area contributed by atoms with Gasteiger partial charge in [0.2, 0.25) is 0 Å². The van der Waals surface area contributed by atoms with Gasteiger partial charge in [0.25, 0.3) is 0 Å². The van der Waals surface area contributed by atoms with E-state index in [1.807, 2.05) is 0 Å². The lowest BCUT2D eigenvalue weighted by atomic mass is 10.1. The van der Waals surface area contributed by atoms with Crippen molar-refractivity contribution < 1.29 is 0 Å². The van der Waals surface area contributed by atoms with Crippen molar-refractivity contribution in [3.63, 3.8) is 0 Å². The van der Waals surface area contributed by atoms with Gasteiger partial charge >= 0.3 is 0 Å². The zero-order chi connectivity index (χ0) is 11.2. The number of nitrogens with two attached hydrogens (primary N) is 1. The molecule has 1 aliphatic carbocycles. The Labute approximate surface area is 96.8 Å². The number of para-hydroxylation sites is 2. The monoisotopic (exact) mass is 217 g/mol. The summed E-state index contributed by atoms with van der Waals surface area (Å²) in [6, 6.07) is 8.61. The predicted octanol–water partition coefficient (Wildman–Crippen LogP) is 1.43. The largest absolute Gasteiger partial charge is 0.371 e. The van der Waals surface area contributed by atoms with Gasteiger partial charge in [-0.05, 0) is 25.0 Å². The van der Waals surface area contributed by atoms with E-state index in [-0.39, 0.29) is 5.54 Å². The summed E-state index contributed by atoms with van der Waals surface area (Å²) in [5.74, 6) is 0. The topological polar surface area (TPSA) is 32.5 Å². The molecule has 1 heterocycles. The number of likely N-dealkylation sites (N-methyl/N-ethyl adjacent to an activating group) is 1. The summed E-state index contributed by atoms with van der Waals surface area (Å²) in [5.41, 5.74) is 8.99. The van der Waals surface area contributed by atoms with Crippen LogP contribution < -0.4 is 15.5 Å². The van der Waals surface area contributed by atoms with Gasteiger partial charge in [-0.2, -0.15) is 0 Å². The molecular weight excluding hydrogens is 198 g/mol. The molecule has 3 rings (SSSR count). The lowest BCUT2D eigenvalue weighted by molar-refractivity contribution is 0.617. The van der Waals surface area contributed by atoms with Gasteiger partial charge in [0.05, 0.1) is 11.4 Å². The van der Waals surface area contributed by atoms with Crippen LogP contribution in [-0.2, 0) is 0 Å².